The lowest BCUT2D eigenvalue weighted by atomic mass is 11.0. The first-order valence-corrected chi connectivity index (χ1v) is 2.65. The van der Waals surface area contributed by atoms with Gasteiger partial charge in [0, 0.05) is 17.0 Å². The van der Waals surface area contributed by atoms with Crippen LogP contribution in [-0.2, 0) is 0 Å². The molecular formula is C3H7ClS. The first kappa shape index (κ1) is 1.63. The molecule has 0 saturated heterocycles. The van der Waals surface area contributed by atoms with Crippen LogP contribution >= 0.6 is 23.4 Å². The second-order valence-corrected chi connectivity index (χ2v) is 1.20. The molecule has 0 aromatic carbocycles. The molecule has 2 heteroatoms. The molecule has 0 atom stereocenters. The maximum Gasteiger partial charge on any atom is 0.0444 e. The predicted octanol–water partition coefficient (Wildman–Crippen LogP) is 1.59. The van der Waals surface area contributed by atoms with Crippen molar-refractivity contribution in [2.45, 2.75) is 0 Å². The number of hydrogen-bond acceptors (Lipinski definition) is 1. The molecule has 0 radical (unpaired) electrons. The summed E-state index contributed by atoms with van der Waals surface area (Å²) in [5.41, 5.74) is -2.01. The van der Waals surface area contributed by atoms with Gasteiger partial charge in [0.15, 0.2) is 0 Å². The minimum absolute atomic E-state index is 0.760. The van der Waals surface area contributed by atoms with E-state index < -0.39 is 11.5 Å². The highest BCUT2D eigenvalue weighted by Crippen LogP contribution is 1.89. The van der Waals surface area contributed by atoms with Crippen molar-refractivity contribution >= 4 is 23.4 Å². The van der Waals surface area contributed by atoms with Crippen molar-refractivity contribution in [3.8, 4) is 0 Å². The van der Waals surface area contributed by atoms with Crippen molar-refractivity contribution in [2.24, 2.45) is 0 Å². The molecular weight excluding hydrogens is 104 g/mol. The van der Waals surface area contributed by atoms with Gasteiger partial charge in [-0.3, -0.25) is 0 Å². The first-order chi connectivity index (χ1) is 3.81. The molecule has 5 heavy (non-hydrogen) atoms. The molecule has 0 fully saturated rings. The van der Waals surface area contributed by atoms with Crippen LogP contribution in [0.4, 0.5) is 0 Å². The van der Waals surface area contributed by atoms with Crippen molar-refractivity contribution in [2.75, 3.05) is 17.8 Å². The normalized spacial score (nSPS) is 26.0. The molecule has 32 valence electrons. The Morgan fingerprint density at radius 2 is 2.80 bits per heavy atom. The van der Waals surface area contributed by atoms with Crippen molar-refractivity contribution in [1.82, 2.24) is 0 Å². The van der Waals surface area contributed by atoms with Gasteiger partial charge in [-0.1, -0.05) is 0 Å². The SMILES string of the molecule is [2H]C([2H])(Cl)C([2H])([2H])SC. The van der Waals surface area contributed by atoms with E-state index in [9.17, 15) is 0 Å². The number of halogens is 1. The molecule has 0 N–H and O–H groups in total. The van der Waals surface area contributed by atoms with Gasteiger partial charge in [-0.25, -0.2) is 0 Å². The van der Waals surface area contributed by atoms with Crippen LogP contribution in [0.5, 0.6) is 0 Å². The van der Waals surface area contributed by atoms with Crippen LogP contribution in [0.15, 0.2) is 0 Å². The maximum absolute atomic E-state index is 6.95. The van der Waals surface area contributed by atoms with Gasteiger partial charge in [0.05, 0.1) is 0 Å². The van der Waals surface area contributed by atoms with Gasteiger partial charge in [-0.15, -0.1) is 11.6 Å². The Morgan fingerprint density at radius 3 is 2.80 bits per heavy atom. The average molecular weight is 115 g/mol. The van der Waals surface area contributed by atoms with Gasteiger partial charge < -0.3 is 0 Å². The molecule has 0 rings (SSSR count). The molecule has 0 saturated carbocycles. The lowest BCUT2D eigenvalue weighted by Crippen LogP contribution is -1.71. The van der Waals surface area contributed by atoms with Crippen molar-refractivity contribution < 1.29 is 5.48 Å². The minimum atomic E-state index is -2.29. The van der Waals surface area contributed by atoms with E-state index in [0.717, 1.165) is 11.8 Å². The van der Waals surface area contributed by atoms with Crippen molar-refractivity contribution in [3.05, 3.63) is 0 Å². The molecule has 0 aliphatic rings. The molecule has 0 amide bonds. The Kier molecular flexibility index (Phi) is 1.51. The number of hydrogen-bond donors (Lipinski definition) is 0. The van der Waals surface area contributed by atoms with E-state index in [0.29, 0.717) is 0 Å². The standard InChI is InChI=1S/C3H7ClS/c1-5-3-2-4/h2-3H2,1H3/i2D2,3D2. The van der Waals surface area contributed by atoms with Gasteiger partial charge >= 0.3 is 0 Å². The highest BCUT2D eigenvalue weighted by atomic mass is 35.5. The fourth-order valence-electron chi connectivity index (χ4n) is 0.0386. The quantitative estimate of drug-likeness (QED) is 0.492. The summed E-state index contributed by atoms with van der Waals surface area (Å²) in [5, 5.41) is 0. The summed E-state index contributed by atoms with van der Waals surface area (Å²) in [4.78, 5) is 0. The Hall–Kier alpha value is 0.640. The van der Waals surface area contributed by atoms with Crippen LogP contribution in [0.3, 0.4) is 0 Å². The van der Waals surface area contributed by atoms with Crippen LogP contribution in [0.2, 0.25) is 0 Å². The molecule has 0 nitrogen and oxygen atoms in total. The third-order valence-electron chi connectivity index (χ3n) is 0.141. The molecule has 0 aliphatic carbocycles. The summed E-state index contributed by atoms with van der Waals surface area (Å²) in [6.07, 6.45) is 1.47. The zero-order valence-corrected chi connectivity index (χ0v) is 4.36. The molecule has 0 aromatic rings. The Morgan fingerprint density at radius 1 is 2.20 bits per heavy atom. The zero-order chi connectivity index (χ0) is 7.71. The van der Waals surface area contributed by atoms with Gasteiger partial charge in [0.2, 0.25) is 0 Å². The monoisotopic (exact) mass is 114 g/mol. The lowest BCUT2D eigenvalue weighted by Gasteiger charge is -1.78. The summed E-state index contributed by atoms with van der Waals surface area (Å²) in [6, 6.07) is 0. The van der Waals surface area contributed by atoms with Crippen LogP contribution < -0.4 is 0 Å². The first-order valence-electron chi connectivity index (χ1n) is 3.05. The van der Waals surface area contributed by atoms with E-state index in [4.69, 9.17) is 17.1 Å². The van der Waals surface area contributed by atoms with Crippen LogP contribution in [-0.4, -0.2) is 17.8 Å². The number of thioether (sulfide) groups is 1. The fraction of sp³-hybridized carbons (Fsp3) is 1.00. The smallest absolute Gasteiger partial charge is 0.0444 e. The van der Waals surface area contributed by atoms with E-state index in [1.165, 1.54) is 6.26 Å². The Bertz CT molecular complexity index is 98.5. The second kappa shape index (κ2) is 4.64. The average Bonchev–Trinajstić information content (AvgIpc) is 1.64. The molecule has 0 aliphatic heterocycles. The van der Waals surface area contributed by atoms with Crippen LogP contribution in [0.1, 0.15) is 5.48 Å². The third kappa shape index (κ3) is 4.64. The minimum Gasteiger partial charge on any atom is -0.164 e. The van der Waals surface area contributed by atoms with E-state index in [1.807, 2.05) is 0 Å². The van der Waals surface area contributed by atoms with E-state index in [2.05, 4.69) is 0 Å². The Labute approximate surface area is 47.5 Å². The molecule has 0 spiro atoms. The van der Waals surface area contributed by atoms with Crippen LogP contribution in [0, 0.1) is 0 Å². The summed E-state index contributed by atoms with van der Waals surface area (Å²) in [5.74, 6) is -2.29. The van der Waals surface area contributed by atoms with E-state index in [1.54, 1.807) is 0 Å². The number of rotatable bonds is 2. The van der Waals surface area contributed by atoms with Crippen molar-refractivity contribution in [3.63, 3.8) is 0 Å². The van der Waals surface area contributed by atoms with Gasteiger partial charge in [-0.2, -0.15) is 11.8 Å². The van der Waals surface area contributed by atoms with Crippen molar-refractivity contribution in [1.29, 1.82) is 0 Å². The lowest BCUT2D eigenvalue weighted by molar-refractivity contribution is 1.54. The topological polar surface area (TPSA) is 0 Å². The van der Waals surface area contributed by atoms with E-state index in [-0.39, 0.29) is 0 Å². The van der Waals surface area contributed by atoms with Gasteiger partial charge in [0.25, 0.3) is 0 Å². The maximum atomic E-state index is 6.95. The molecule has 0 unspecified atom stereocenters. The predicted molar refractivity (Wildman–Crippen MR) is 29.1 cm³/mol. The largest absolute Gasteiger partial charge is 0.164 e. The molecule has 0 bridgehead atoms. The third-order valence-corrected chi connectivity index (χ3v) is 0.653. The molecule has 0 heterocycles. The fourth-order valence-corrected chi connectivity index (χ4v) is 0.347. The van der Waals surface area contributed by atoms with Gasteiger partial charge in [0.1, 0.15) is 0 Å². The van der Waals surface area contributed by atoms with Crippen LogP contribution in [0.25, 0.3) is 0 Å². The summed E-state index contributed by atoms with van der Waals surface area (Å²) in [7, 11) is 0. The van der Waals surface area contributed by atoms with Gasteiger partial charge in [-0.05, 0) is 6.26 Å². The highest BCUT2D eigenvalue weighted by molar-refractivity contribution is 7.98. The summed E-state index contributed by atoms with van der Waals surface area (Å²) in [6.45, 7) is 0. The Balaban J connectivity index is 4.14. The number of alkyl halides is 1. The second-order valence-electron chi connectivity index (χ2n) is 0.401. The van der Waals surface area contributed by atoms with E-state index >= 15 is 0 Å². The molecule has 0 aromatic heterocycles. The zero-order valence-electron chi connectivity index (χ0n) is 6.79. The highest BCUT2D eigenvalue weighted by Gasteiger charge is 1.69. The summed E-state index contributed by atoms with van der Waals surface area (Å²) < 4.78 is 27.4. The summed E-state index contributed by atoms with van der Waals surface area (Å²) >= 11 is 5.82.